The highest BCUT2D eigenvalue weighted by Gasteiger charge is 2.46. The maximum absolute atomic E-state index is 2.46. The summed E-state index contributed by atoms with van der Waals surface area (Å²) < 4.78 is 4.82. The van der Waals surface area contributed by atoms with Gasteiger partial charge in [0.15, 0.2) is 0 Å². The molecule has 0 atom stereocenters. The summed E-state index contributed by atoms with van der Waals surface area (Å²) >= 11 is 0. The van der Waals surface area contributed by atoms with Crippen LogP contribution in [0.5, 0.6) is 0 Å². The second-order valence-corrected chi connectivity index (χ2v) is 17.3. The van der Waals surface area contributed by atoms with Gasteiger partial charge >= 0.3 is 0 Å². The van der Waals surface area contributed by atoms with Gasteiger partial charge < -0.3 is 9.13 Å². The average molecular weight is 827 g/mol. The lowest BCUT2D eigenvalue weighted by Gasteiger charge is -2.34. The van der Waals surface area contributed by atoms with Gasteiger partial charge in [-0.2, -0.15) is 0 Å². The van der Waals surface area contributed by atoms with Crippen molar-refractivity contribution < 1.29 is 0 Å². The van der Waals surface area contributed by atoms with Crippen molar-refractivity contribution >= 4 is 32.7 Å². The monoisotopic (exact) mass is 826 g/mol. The number of para-hydroxylation sites is 1. The molecule has 10 aromatic carbocycles. The first-order chi connectivity index (χ1) is 32.2. The Balaban J connectivity index is 0.956. The van der Waals surface area contributed by atoms with E-state index in [1.165, 1.54) is 99.5 Å². The molecule has 0 bridgehead atoms. The minimum absolute atomic E-state index is 0.443. The molecule has 0 radical (unpaired) electrons. The molecule has 0 spiro atoms. The summed E-state index contributed by atoms with van der Waals surface area (Å²) in [6, 6.07) is 91.5. The zero-order valence-corrected chi connectivity index (χ0v) is 35.6. The van der Waals surface area contributed by atoms with Crippen LogP contribution in [0.1, 0.15) is 22.3 Å². The van der Waals surface area contributed by atoms with Crippen molar-refractivity contribution in [2.75, 3.05) is 0 Å². The number of hydrogen-bond donors (Lipinski definition) is 0. The molecule has 2 nitrogen and oxygen atoms in total. The Morgan fingerprint density at radius 1 is 0.292 bits per heavy atom. The van der Waals surface area contributed by atoms with Gasteiger partial charge in [0.05, 0.1) is 22.0 Å². The summed E-state index contributed by atoms with van der Waals surface area (Å²) in [5, 5.41) is 3.70. The average Bonchev–Trinajstić information content (AvgIpc) is 4.07. The molecule has 1 aliphatic rings. The third-order valence-electron chi connectivity index (χ3n) is 13.8. The van der Waals surface area contributed by atoms with Crippen molar-refractivity contribution in [3.63, 3.8) is 0 Å². The molecule has 0 N–H and O–H groups in total. The Bertz CT molecular complexity index is 3630. The van der Waals surface area contributed by atoms with Crippen LogP contribution in [0.4, 0.5) is 0 Å². The summed E-state index contributed by atoms with van der Waals surface area (Å²) in [5.74, 6) is 0. The molecular weight excluding hydrogens is 785 g/mol. The van der Waals surface area contributed by atoms with Crippen LogP contribution < -0.4 is 0 Å². The zero-order valence-electron chi connectivity index (χ0n) is 35.6. The maximum atomic E-state index is 2.46. The van der Waals surface area contributed by atoms with Crippen molar-refractivity contribution in [2.24, 2.45) is 0 Å². The lowest BCUT2D eigenvalue weighted by atomic mass is 9.67. The molecular formula is C63H42N2. The second kappa shape index (κ2) is 14.8. The smallest absolute Gasteiger partial charge is 0.0713 e. The predicted molar refractivity (Wildman–Crippen MR) is 271 cm³/mol. The second-order valence-electron chi connectivity index (χ2n) is 17.3. The van der Waals surface area contributed by atoms with E-state index in [0.29, 0.717) is 0 Å². The van der Waals surface area contributed by atoms with E-state index in [2.05, 4.69) is 264 Å². The molecule has 2 heteroatoms. The van der Waals surface area contributed by atoms with Gasteiger partial charge in [-0.05, 0) is 121 Å². The molecule has 1 aliphatic carbocycles. The van der Waals surface area contributed by atoms with Crippen LogP contribution in [0.2, 0.25) is 0 Å². The third kappa shape index (κ3) is 5.74. The number of fused-ring (bicyclic) bond motifs is 8. The standard InChI is InChI=1S/C63H42N2/c1-5-17-43(18-6-1)47-39-48(44-19-7-2-8-20-44)41-52(40-47)64-38-37-57-60(64)36-35-56-55-26-14-16-28-61(55)65(62(56)57)51-32-29-45(30-33-51)46-31-34-54-53-25-13-15-27-58(53)63(59(54)42-46,49-21-9-3-10-22-49)50-23-11-4-12-24-50/h1-42H. The van der Waals surface area contributed by atoms with E-state index in [-0.39, 0.29) is 0 Å². The van der Waals surface area contributed by atoms with Crippen molar-refractivity contribution in [3.05, 3.63) is 277 Å². The molecule has 2 heterocycles. The van der Waals surface area contributed by atoms with Gasteiger partial charge in [-0.15, -0.1) is 0 Å². The first-order valence-electron chi connectivity index (χ1n) is 22.5. The van der Waals surface area contributed by atoms with Crippen LogP contribution in [0.25, 0.3) is 88.6 Å². The van der Waals surface area contributed by atoms with E-state index < -0.39 is 5.41 Å². The summed E-state index contributed by atoms with van der Waals surface area (Å²) in [6.45, 7) is 0. The van der Waals surface area contributed by atoms with Gasteiger partial charge in [0.25, 0.3) is 0 Å². The SMILES string of the molecule is c1ccc(-c2cc(-c3ccccc3)cc(-n3ccc4c3ccc3c5ccccc5n(-c5ccc(-c6ccc7c(c6)C(c6ccccc6)(c6ccccc6)c6ccccc6-7)cc5)c34)c2)cc1. The quantitative estimate of drug-likeness (QED) is 0.151. The molecule has 2 aromatic heterocycles. The Kier molecular flexibility index (Phi) is 8.47. The summed E-state index contributed by atoms with van der Waals surface area (Å²) in [4.78, 5) is 0. The van der Waals surface area contributed by atoms with E-state index in [1.54, 1.807) is 0 Å². The van der Waals surface area contributed by atoms with Crippen molar-refractivity contribution in [3.8, 4) is 55.9 Å². The van der Waals surface area contributed by atoms with Crippen LogP contribution in [-0.4, -0.2) is 9.13 Å². The molecule has 0 saturated heterocycles. The van der Waals surface area contributed by atoms with Gasteiger partial charge in [-0.25, -0.2) is 0 Å². The fourth-order valence-corrected chi connectivity index (χ4v) is 10.9. The molecule has 0 aliphatic heterocycles. The van der Waals surface area contributed by atoms with E-state index in [4.69, 9.17) is 0 Å². The molecule has 65 heavy (non-hydrogen) atoms. The lowest BCUT2D eigenvalue weighted by Crippen LogP contribution is -2.28. The van der Waals surface area contributed by atoms with Crippen molar-refractivity contribution in [2.45, 2.75) is 5.41 Å². The van der Waals surface area contributed by atoms with Gasteiger partial charge in [0, 0.05) is 33.7 Å². The van der Waals surface area contributed by atoms with Crippen LogP contribution in [-0.2, 0) is 5.41 Å². The van der Waals surface area contributed by atoms with Crippen LogP contribution in [0.3, 0.4) is 0 Å². The zero-order chi connectivity index (χ0) is 42.9. The highest BCUT2D eigenvalue weighted by molar-refractivity contribution is 6.18. The van der Waals surface area contributed by atoms with E-state index in [1.807, 2.05) is 0 Å². The van der Waals surface area contributed by atoms with Crippen LogP contribution in [0.15, 0.2) is 255 Å². The first-order valence-corrected chi connectivity index (χ1v) is 22.5. The highest BCUT2D eigenvalue weighted by Crippen LogP contribution is 2.56. The highest BCUT2D eigenvalue weighted by atomic mass is 15.0. The number of aromatic nitrogens is 2. The largest absolute Gasteiger partial charge is 0.316 e. The van der Waals surface area contributed by atoms with Crippen LogP contribution in [0, 0.1) is 0 Å². The number of rotatable bonds is 7. The molecule has 0 saturated carbocycles. The van der Waals surface area contributed by atoms with E-state index in [9.17, 15) is 0 Å². The Labute approximate surface area is 378 Å². The third-order valence-corrected chi connectivity index (χ3v) is 13.8. The predicted octanol–water partition coefficient (Wildman–Crippen LogP) is 16.1. The fourth-order valence-electron chi connectivity index (χ4n) is 10.9. The number of nitrogens with zero attached hydrogens (tertiary/aromatic N) is 2. The van der Waals surface area contributed by atoms with Crippen molar-refractivity contribution in [1.29, 1.82) is 0 Å². The van der Waals surface area contributed by atoms with Gasteiger partial charge in [-0.3, -0.25) is 0 Å². The topological polar surface area (TPSA) is 9.86 Å². The summed E-state index contributed by atoms with van der Waals surface area (Å²) in [7, 11) is 0. The van der Waals surface area contributed by atoms with Crippen LogP contribution >= 0.6 is 0 Å². The van der Waals surface area contributed by atoms with Gasteiger partial charge in [-0.1, -0.05) is 194 Å². The van der Waals surface area contributed by atoms with E-state index >= 15 is 0 Å². The van der Waals surface area contributed by atoms with E-state index in [0.717, 1.165) is 11.4 Å². The number of benzene rings is 10. The number of hydrogen-bond acceptors (Lipinski definition) is 0. The molecule has 0 amide bonds. The van der Waals surface area contributed by atoms with Gasteiger partial charge in [0.2, 0.25) is 0 Å². The van der Waals surface area contributed by atoms with Crippen molar-refractivity contribution in [1.82, 2.24) is 9.13 Å². The first kappa shape index (κ1) is 37.1. The fraction of sp³-hybridized carbons (Fsp3) is 0.0159. The molecule has 0 fully saturated rings. The van der Waals surface area contributed by atoms with Gasteiger partial charge in [0.1, 0.15) is 0 Å². The molecule has 0 unspecified atom stereocenters. The Hall–Kier alpha value is -8.46. The normalized spacial score (nSPS) is 12.7. The Morgan fingerprint density at radius 3 is 1.52 bits per heavy atom. The molecule has 304 valence electrons. The summed E-state index contributed by atoms with van der Waals surface area (Å²) in [6.07, 6.45) is 2.24. The Morgan fingerprint density at radius 2 is 0.846 bits per heavy atom. The lowest BCUT2D eigenvalue weighted by molar-refractivity contribution is 0.769. The molecule has 12 aromatic rings. The summed E-state index contributed by atoms with van der Waals surface area (Å²) in [5.41, 5.74) is 20.3. The molecule has 13 rings (SSSR count). The maximum Gasteiger partial charge on any atom is 0.0713 e. The minimum Gasteiger partial charge on any atom is -0.316 e. The minimum atomic E-state index is -0.443.